The van der Waals surface area contributed by atoms with E-state index in [1.54, 1.807) is 6.08 Å². The number of hydrogen-bond acceptors (Lipinski definition) is 3. The van der Waals surface area contributed by atoms with Gasteiger partial charge in [-0.15, -0.1) is 0 Å². The number of allylic oxidation sites excluding steroid dienone is 3. The van der Waals surface area contributed by atoms with Crippen molar-refractivity contribution in [1.82, 2.24) is 10.6 Å². The van der Waals surface area contributed by atoms with Crippen molar-refractivity contribution in [2.75, 3.05) is 32.1 Å². The first-order valence-electron chi connectivity index (χ1n) is 6.79. The Balaban J connectivity index is 2.25. The van der Waals surface area contributed by atoms with Crippen LogP contribution < -0.4 is 10.6 Å². The molecule has 116 valence electrons. The molecule has 1 rings (SSSR count). The molecule has 0 bridgehead atoms. The molecular weight excluding hydrogens is 285 g/mol. The van der Waals surface area contributed by atoms with Gasteiger partial charge in [0.1, 0.15) is 0 Å². The summed E-state index contributed by atoms with van der Waals surface area (Å²) in [7, 11) is 1.94. The quantitative estimate of drug-likeness (QED) is 0.721. The van der Waals surface area contributed by atoms with Crippen LogP contribution in [0.15, 0.2) is 23.8 Å². The standard InChI is InChI=1S/C14H23F3N2S/c1-18-13(7-8-20-2)10-19-9-11-3-5-12(6-4-11)14(15,16)17/h3,5-6,11,13,18-19H,4,7-10H2,1-2H3/t11?,13-/m0/s1. The van der Waals surface area contributed by atoms with Gasteiger partial charge in [0, 0.05) is 19.1 Å². The highest BCUT2D eigenvalue weighted by molar-refractivity contribution is 7.98. The predicted octanol–water partition coefficient (Wildman–Crippen LogP) is 2.98. The summed E-state index contributed by atoms with van der Waals surface area (Å²) in [6.07, 6.45) is 3.54. The lowest BCUT2D eigenvalue weighted by Gasteiger charge is -2.21. The van der Waals surface area contributed by atoms with E-state index in [-0.39, 0.29) is 5.92 Å². The third kappa shape index (κ3) is 6.33. The number of nitrogens with one attached hydrogen (secondary N) is 2. The molecule has 2 atom stereocenters. The molecule has 0 aromatic carbocycles. The minimum Gasteiger partial charge on any atom is -0.316 e. The topological polar surface area (TPSA) is 24.1 Å². The lowest BCUT2D eigenvalue weighted by Crippen LogP contribution is -2.38. The number of halogens is 3. The van der Waals surface area contributed by atoms with E-state index >= 15 is 0 Å². The van der Waals surface area contributed by atoms with E-state index in [1.807, 2.05) is 18.8 Å². The molecule has 6 heteroatoms. The lowest BCUT2D eigenvalue weighted by molar-refractivity contribution is -0.0887. The van der Waals surface area contributed by atoms with Crippen LogP contribution in [0.3, 0.4) is 0 Å². The van der Waals surface area contributed by atoms with Gasteiger partial charge >= 0.3 is 6.18 Å². The highest BCUT2D eigenvalue weighted by Crippen LogP contribution is 2.30. The second kappa shape index (κ2) is 8.74. The van der Waals surface area contributed by atoms with Gasteiger partial charge in [-0.25, -0.2) is 0 Å². The van der Waals surface area contributed by atoms with Gasteiger partial charge in [-0.1, -0.05) is 18.2 Å². The average molecular weight is 308 g/mol. The molecule has 1 aliphatic carbocycles. The summed E-state index contributed by atoms with van der Waals surface area (Å²) < 4.78 is 37.3. The first kappa shape index (κ1) is 17.6. The van der Waals surface area contributed by atoms with E-state index in [4.69, 9.17) is 0 Å². The van der Waals surface area contributed by atoms with Crippen molar-refractivity contribution in [2.24, 2.45) is 5.92 Å². The molecule has 2 nitrogen and oxygen atoms in total. The molecule has 0 amide bonds. The Bertz CT molecular complexity index is 340. The zero-order valence-electron chi connectivity index (χ0n) is 12.0. The smallest absolute Gasteiger partial charge is 0.316 e. The molecule has 0 saturated carbocycles. The van der Waals surface area contributed by atoms with E-state index in [1.165, 1.54) is 12.2 Å². The number of alkyl halides is 3. The largest absolute Gasteiger partial charge is 0.416 e. The molecule has 0 radical (unpaired) electrons. The molecular formula is C14H23F3N2S. The van der Waals surface area contributed by atoms with Crippen molar-refractivity contribution in [3.8, 4) is 0 Å². The minimum atomic E-state index is -4.22. The van der Waals surface area contributed by atoms with Gasteiger partial charge in [-0.2, -0.15) is 24.9 Å². The van der Waals surface area contributed by atoms with Crippen LogP contribution in [0.1, 0.15) is 12.8 Å². The van der Waals surface area contributed by atoms with Crippen molar-refractivity contribution >= 4 is 11.8 Å². The summed E-state index contributed by atoms with van der Waals surface area (Å²) in [5, 5.41) is 6.58. The molecule has 0 spiro atoms. The number of rotatable bonds is 8. The fourth-order valence-electron chi connectivity index (χ4n) is 2.08. The third-order valence-corrected chi connectivity index (χ3v) is 4.04. The monoisotopic (exact) mass is 308 g/mol. The highest BCUT2D eigenvalue weighted by Gasteiger charge is 2.32. The Kier molecular flexibility index (Phi) is 7.69. The molecule has 1 unspecified atom stereocenters. The van der Waals surface area contributed by atoms with Crippen LogP contribution in [-0.4, -0.2) is 44.4 Å². The van der Waals surface area contributed by atoms with Crippen LogP contribution in [0.25, 0.3) is 0 Å². The molecule has 0 aromatic rings. The normalized spacial score (nSPS) is 20.9. The number of likely N-dealkylation sites (N-methyl/N-ethyl adjacent to an activating group) is 1. The third-order valence-electron chi connectivity index (χ3n) is 3.39. The van der Waals surface area contributed by atoms with Gasteiger partial charge in [0.2, 0.25) is 0 Å². The van der Waals surface area contributed by atoms with E-state index in [9.17, 15) is 13.2 Å². The summed E-state index contributed by atoms with van der Waals surface area (Å²) in [5.41, 5.74) is -0.526. The SMILES string of the molecule is CN[C@@H](CCSC)CNCC1C=CC(C(F)(F)F)=CC1. The van der Waals surface area contributed by atoms with Gasteiger partial charge in [0.15, 0.2) is 0 Å². The fraction of sp³-hybridized carbons (Fsp3) is 0.714. The van der Waals surface area contributed by atoms with Gasteiger partial charge in [0.05, 0.1) is 5.57 Å². The number of thioether (sulfide) groups is 1. The van der Waals surface area contributed by atoms with Crippen molar-refractivity contribution in [1.29, 1.82) is 0 Å². The molecule has 0 fully saturated rings. The maximum Gasteiger partial charge on any atom is 0.416 e. The Hall–Kier alpha value is -0.460. The van der Waals surface area contributed by atoms with Crippen LogP contribution in [0, 0.1) is 5.92 Å². The van der Waals surface area contributed by atoms with E-state index < -0.39 is 11.7 Å². The average Bonchev–Trinajstić information content (AvgIpc) is 2.42. The Morgan fingerprint density at radius 2 is 2.20 bits per heavy atom. The van der Waals surface area contributed by atoms with Gasteiger partial charge < -0.3 is 10.6 Å². The van der Waals surface area contributed by atoms with Gasteiger partial charge in [0.25, 0.3) is 0 Å². The first-order valence-corrected chi connectivity index (χ1v) is 8.19. The summed E-state index contributed by atoms with van der Waals surface area (Å²) in [6.45, 7) is 1.56. The van der Waals surface area contributed by atoms with Crippen LogP contribution in [0.2, 0.25) is 0 Å². The van der Waals surface area contributed by atoms with E-state index in [0.717, 1.165) is 25.3 Å². The lowest BCUT2D eigenvalue weighted by atomic mass is 9.96. The van der Waals surface area contributed by atoms with Crippen LogP contribution in [0.5, 0.6) is 0 Å². The molecule has 0 saturated heterocycles. The Labute approximate surface area is 123 Å². The first-order chi connectivity index (χ1) is 9.47. The maximum atomic E-state index is 12.4. The van der Waals surface area contributed by atoms with Crippen LogP contribution in [-0.2, 0) is 0 Å². The molecule has 0 aliphatic heterocycles. The molecule has 0 heterocycles. The van der Waals surface area contributed by atoms with Crippen LogP contribution in [0.4, 0.5) is 13.2 Å². The second-order valence-corrected chi connectivity index (χ2v) is 5.92. The van der Waals surface area contributed by atoms with Gasteiger partial charge in [-0.3, -0.25) is 0 Å². The summed E-state index contributed by atoms with van der Waals surface area (Å²) in [5.74, 6) is 1.26. The van der Waals surface area contributed by atoms with Crippen molar-refractivity contribution in [2.45, 2.75) is 25.1 Å². The van der Waals surface area contributed by atoms with Gasteiger partial charge in [-0.05, 0) is 37.8 Å². The zero-order chi connectivity index (χ0) is 15.0. The van der Waals surface area contributed by atoms with E-state index in [0.29, 0.717) is 12.5 Å². The predicted molar refractivity (Wildman–Crippen MR) is 80.1 cm³/mol. The number of hydrogen-bond donors (Lipinski definition) is 2. The van der Waals surface area contributed by atoms with E-state index in [2.05, 4.69) is 16.9 Å². The molecule has 1 aliphatic rings. The summed E-state index contributed by atoms with van der Waals surface area (Å²) >= 11 is 1.82. The molecule has 0 aromatic heterocycles. The minimum absolute atomic E-state index is 0.152. The molecule has 2 N–H and O–H groups in total. The highest BCUT2D eigenvalue weighted by atomic mass is 32.2. The summed E-state index contributed by atoms with van der Waals surface area (Å²) in [4.78, 5) is 0. The zero-order valence-corrected chi connectivity index (χ0v) is 12.8. The Morgan fingerprint density at radius 1 is 1.45 bits per heavy atom. The Morgan fingerprint density at radius 3 is 2.70 bits per heavy atom. The summed E-state index contributed by atoms with van der Waals surface area (Å²) in [6, 6.07) is 0.413. The second-order valence-electron chi connectivity index (χ2n) is 4.94. The van der Waals surface area contributed by atoms with Crippen LogP contribution >= 0.6 is 11.8 Å². The fourth-order valence-corrected chi connectivity index (χ4v) is 2.60. The maximum absolute atomic E-state index is 12.4. The van der Waals surface area contributed by atoms with Crippen molar-refractivity contribution < 1.29 is 13.2 Å². The van der Waals surface area contributed by atoms with Crippen molar-refractivity contribution in [3.05, 3.63) is 23.8 Å². The van der Waals surface area contributed by atoms with Crippen molar-refractivity contribution in [3.63, 3.8) is 0 Å². The molecule has 20 heavy (non-hydrogen) atoms.